The first kappa shape index (κ1) is 24.4. The molecule has 0 atom stereocenters. The first-order valence-corrected chi connectivity index (χ1v) is 14.5. The van der Waals surface area contributed by atoms with Crippen molar-refractivity contribution in [3.63, 3.8) is 0 Å². The van der Waals surface area contributed by atoms with Gasteiger partial charge in [-0.25, -0.2) is 15.0 Å². The zero-order valence-corrected chi connectivity index (χ0v) is 21.9. The number of aryl methyl sites for hydroxylation is 2. The van der Waals surface area contributed by atoms with Crippen LogP contribution in [0.2, 0.25) is 0 Å². The number of nitrogens with zero attached hydrogens (tertiary/aromatic N) is 4. The summed E-state index contributed by atoms with van der Waals surface area (Å²) in [6.45, 7) is 8.29. The van der Waals surface area contributed by atoms with Crippen molar-refractivity contribution in [3.8, 4) is 0 Å². The van der Waals surface area contributed by atoms with E-state index in [4.69, 9.17) is 9.97 Å². The molecule has 5 nitrogen and oxygen atoms in total. The van der Waals surface area contributed by atoms with E-state index >= 15 is 0 Å². The molecule has 178 valence electrons. The van der Waals surface area contributed by atoms with Crippen molar-refractivity contribution in [3.05, 3.63) is 23.1 Å². The van der Waals surface area contributed by atoms with Gasteiger partial charge in [0.1, 0.15) is 16.2 Å². The highest BCUT2D eigenvalue weighted by Gasteiger charge is 2.23. The summed E-state index contributed by atoms with van der Waals surface area (Å²) >= 11 is 3.27. The number of fused-ring (bicyclic) bond motifs is 5. The Labute approximate surface area is 205 Å². The lowest BCUT2D eigenvalue weighted by molar-refractivity contribution is -0.128. The van der Waals surface area contributed by atoms with Gasteiger partial charge >= 0.3 is 0 Å². The lowest BCUT2D eigenvalue weighted by Crippen LogP contribution is -2.34. The molecule has 4 rings (SSSR count). The van der Waals surface area contributed by atoms with Gasteiger partial charge in [0.2, 0.25) is 5.91 Å². The third-order valence-corrected chi connectivity index (χ3v) is 8.69. The lowest BCUT2D eigenvalue weighted by atomic mass is 9.88. The number of rotatable bonds is 11. The fourth-order valence-corrected chi connectivity index (χ4v) is 6.90. The summed E-state index contributed by atoms with van der Waals surface area (Å²) in [6.07, 6.45) is 12.9. The SMILES string of the molecule is CCCCN(CCCC)C(=O)CSc1ncnc2c1sc1nc(CCC)c3c(c12)CCCC3. The molecule has 3 aromatic rings. The molecule has 33 heavy (non-hydrogen) atoms. The number of thioether (sulfide) groups is 1. The average molecular weight is 485 g/mol. The molecule has 0 fully saturated rings. The Balaban J connectivity index is 1.64. The number of aromatic nitrogens is 3. The van der Waals surface area contributed by atoms with Crippen molar-refractivity contribution in [2.24, 2.45) is 0 Å². The second-order valence-corrected chi connectivity index (χ2v) is 11.0. The summed E-state index contributed by atoms with van der Waals surface area (Å²) in [7, 11) is 0. The van der Waals surface area contributed by atoms with Gasteiger partial charge in [-0.1, -0.05) is 51.8 Å². The number of amides is 1. The van der Waals surface area contributed by atoms with Crippen molar-refractivity contribution < 1.29 is 4.79 Å². The third-order valence-electron chi connectivity index (χ3n) is 6.51. The number of hydrogen-bond acceptors (Lipinski definition) is 6. The smallest absolute Gasteiger partial charge is 0.232 e. The maximum Gasteiger partial charge on any atom is 0.232 e. The molecule has 3 aromatic heterocycles. The number of pyridine rings is 1. The summed E-state index contributed by atoms with van der Waals surface area (Å²) < 4.78 is 1.09. The Morgan fingerprint density at radius 1 is 1.03 bits per heavy atom. The summed E-state index contributed by atoms with van der Waals surface area (Å²) in [4.78, 5) is 30.5. The summed E-state index contributed by atoms with van der Waals surface area (Å²) in [6, 6.07) is 0. The quantitative estimate of drug-likeness (QED) is 0.227. The minimum atomic E-state index is 0.218. The van der Waals surface area contributed by atoms with Gasteiger partial charge in [-0.3, -0.25) is 4.79 Å². The molecule has 1 amide bonds. The molecule has 3 heterocycles. The van der Waals surface area contributed by atoms with E-state index in [0.717, 1.165) is 84.5 Å². The van der Waals surface area contributed by atoms with Crippen LogP contribution in [0.15, 0.2) is 11.4 Å². The Hall–Kier alpha value is -1.73. The third kappa shape index (κ3) is 5.35. The van der Waals surface area contributed by atoms with E-state index in [9.17, 15) is 4.79 Å². The first-order valence-electron chi connectivity index (χ1n) is 12.7. The van der Waals surface area contributed by atoms with Crippen LogP contribution in [0.5, 0.6) is 0 Å². The molecule has 7 heteroatoms. The van der Waals surface area contributed by atoms with Gasteiger partial charge in [0.15, 0.2) is 0 Å². The fourth-order valence-electron chi connectivity index (χ4n) is 4.74. The lowest BCUT2D eigenvalue weighted by Gasteiger charge is -2.22. The van der Waals surface area contributed by atoms with Gasteiger partial charge < -0.3 is 4.90 Å². The molecule has 0 bridgehead atoms. The predicted octanol–water partition coefficient (Wildman–Crippen LogP) is 6.59. The fraction of sp³-hybridized carbons (Fsp3) is 0.615. The summed E-state index contributed by atoms with van der Waals surface area (Å²) in [5.41, 5.74) is 5.26. The first-order chi connectivity index (χ1) is 16.2. The van der Waals surface area contributed by atoms with E-state index in [1.54, 1.807) is 29.4 Å². The number of carbonyl (C=O) groups excluding carboxylic acids is 1. The average Bonchev–Trinajstić information content (AvgIpc) is 3.22. The van der Waals surface area contributed by atoms with E-state index in [2.05, 4.69) is 25.8 Å². The molecular weight excluding hydrogens is 448 g/mol. The normalized spacial score (nSPS) is 13.5. The van der Waals surface area contributed by atoms with E-state index in [1.807, 2.05) is 4.90 Å². The molecule has 0 saturated carbocycles. The van der Waals surface area contributed by atoms with Crippen LogP contribution in [-0.2, 0) is 24.1 Å². The second kappa shape index (κ2) is 11.6. The largest absolute Gasteiger partial charge is 0.342 e. The van der Waals surface area contributed by atoms with E-state index in [1.165, 1.54) is 35.0 Å². The van der Waals surface area contributed by atoms with Crippen LogP contribution in [0.25, 0.3) is 20.4 Å². The highest BCUT2D eigenvalue weighted by atomic mass is 32.2. The molecule has 1 aliphatic rings. The van der Waals surface area contributed by atoms with Crippen molar-refractivity contribution >= 4 is 49.4 Å². The number of unbranched alkanes of at least 4 members (excludes halogenated alkanes) is 2. The van der Waals surface area contributed by atoms with Crippen LogP contribution in [0.1, 0.15) is 82.5 Å². The van der Waals surface area contributed by atoms with Crippen LogP contribution in [0, 0.1) is 0 Å². The minimum absolute atomic E-state index is 0.218. The minimum Gasteiger partial charge on any atom is -0.342 e. The van der Waals surface area contributed by atoms with Crippen LogP contribution >= 0.6 is 23.1 Å². The Bertz CT molecular complexity index is 1100. The topological polar surface area (TPSA) is 59.0 Å². The Morgan fingerprint density at radius 2 is 1.76 bits per heavy atom. The molecule has 0 aliphatic heterocycles. The summed E-state index contributed by atoms with van der Waals surface area (Å²) in [5, 5.41) is 2.16. The van der Waals surface area contributed by atoms with Crippen molar-refractivity contribution in [2.45, 2.75) is 90.0 Å². The molecule has 0 N–H and O–H groups in total. The van der Waals surface area contributed by atoms with Gasteiger partial charge in [0.05, 0.1) is 16.0 Å². The Kier molecular flexibility index (Phi) is 8.58. The standard InChI is InChI=1S/C26H36N4OS2/c1-4-7-14-30(15-8-5-2)21(31)16-32-26-24-23(27-17-28-26)22-19-13-10-9-12-18(19)20(11-6-3)29-25(22)33-24/h17H,4-16H2,1-3H3. The molecule has 0 radical (unpaired) electrons. The van der Waals surface area contributed by atoms with Crippen molar-refractivity contribution in [1.29, 1.82) is 0 Å². The monoisotopic (exact) mass is 484 g/mol. The zero-order valence-electron chi connectivity index (χ0n) is 20.3. The zero-order chi connectivity index (χ0) is 23.2. The van der Waals surface area contributed by atoms with Gasteiger partial charge in [-0.05, 0) is 56.1 Å². The molecule has 0 saturated heterocycles. The molecule has 0 unspecified atom stereocenters. The number of thiophene rings is 1. The van der Waals surface area contributed by atoms with Crippen LogP contribution in [-0.4, -0.2) is 44.6 Å². The van der Waals surface area contributed by atoms with E-state index in [0.29, 0.717) is 5.75 Å². The highest BCUT2D eigenvalue weighted by molar-refractivity contribution is 8.00. The molecular formula is C26H36N4OS2. The predicted molar refractivity (Wildman–Crippen MR) is 140 cm³/mol. The van der Waals surface area contributed by atoms with Crippen LogP contribution < -0.4 is 0 Å². The van der Waals surface area contributed by atoms with Gasteiger partial charge in [-0.15, -0.1) is 11.3 Å². The van der Waals surface area contributed by atoms with Gasteiger partial charge in [-0.2, -0.15) is 0 Å². The Morgan fingerprint density at radius 3 is 2.45 bits per heavy atom. The van der Waals surface area contributed by atoms with Crippen molar-refractivity contribution in [1.82, 2.24) is 19.9 Å². The van der Waals surface area contributed by atoms with Crippen molar-refractivity contribution in [2.75, 3.05) is 18.8 Å². The van der Waals surface area contributed by atoms with Crippen LogP contribution in [0.4, 0.5) is 0 Å². The molecule has 0 spiro atoms. The summed E-state index contributed by atoms with van der Waals surface area (Å²) in [5.74, 6) is 0.649. The number of hydrogen-bond donors (Lipinski definition) is 0. The van der Waals surface area contributed by atoms with E-state index < -0.39 is 0 Å². The number of carbonyl (C=O) groups is 1. The van der Waals surface area contributed by atoms with E-state index in [-0.39, 0.29) is 5.91 Å². The molecule has 0 aromatic carbocycles. The highest BCUT2D eigenvalue weighted by Crippen LogP contribution is 2.41. The van der Waals surface area contributed by atoms with Gasteiger partial charge in [0.25, 0.3) is 0 Å². The second-order valence-electron chi connectivity index (χ2n) is 8.99. The maximum atomic E-state index is 13.0. The maximum absolute atomic E-state index is 13.0. The van der Waals surface area contributed by atoms with Gasteiger partial charge in [0, 0.05) is 24.2 Å². The molecule has 1 aliphatic carbocycles. The van der Waals surface area contributed by atoms with Crippen LogP contribution in [0.3, 0.4) is 0 Å².